The maximum atomic E-state index is 3.67. The normalized spacial score (nSPS) is 13.9. The summed E-state index contributed by atoms with van der Waals surface area (Å²) in [6, 6.07) is 2.78. The Kier molecular flexibility index (Phi) is 6.04. The third kappa shape index (κ3) is 5.45. The fraction of sp³-hybridized carbons (Fsp3) is 0.714. The zero-order valence-electron chi connectivity index (χ0n) is 11.7. The molecule has 1 unspecified atom stereocenters. The average Bonchev–Trinajstić information content (AvgIpc) is 2.63. The van der Waals surface area contributed by atoms with Crippen LogP contribution in [0.1, 0.15) is 50.6 Å². The molecule has 0 saturated heterocycles. The molecule has 1 nitrogen and oxygen atoms in total. The molecule has 3 heteroatoms. The van der Waals surface area contributed by atoms with E-state index in [0.717, 1.165) is 12.3 Å². The second-order valence-corrected chi connectivity index (χ2v) is 8.33. The van der Waals surface area contributed by atoms with E-state index in [1.807, 2.05) is 23.1 Å². The molecular formula is C14H25NS2. The van der Waals surface area contributed by atoms with E-state index < -0.39 is 0 Å². The summed E-state index contributed by atoms with van der Waals surface area (Å²) in [5, 5.41) is 5.87. The molecule has 0 bridgehead atoms. The molecule has 0 aromatic carbocycles. The van der Waals surface area contributed by atoms with Crippen LogP contribution in [0.4, 0.5) is 0 Å². The van der Waals surface area contributed by atoms with E-state index in [1.54, 1.807) is 0 Å². The minimum atomic E-state index is 0.343. The molecule has 0 saturated carbocycles. The molecule has 0 spiro atoms. The van der Waals surface area contributed by atoms with Crippen LogP contribution >= 0.6 is 23.1 Å². The minimum Gasteiger partial charge on any atom is -0.309 e. The fourth-order valence-corrected chi connectivity index (χ4v) is 3.40. The summed E-state index contributed by atoms with van der Waals surface area (Å²) in [7, 11) is 0. The summed E-state index contributed by atoms with van der Waals surface area (Å²) in [6.07, 6.45) is 1.19. The van der Waals surface area contributed by atoms with Crippen LogP contribution in [-0.2, 0) is 0 Å². The van der Waals surface area contributed by atoms with Gasteiger partial charge in [-0.15, -0.1) is 11.3 Å². The van der Waals surface area contributed by atoms with Crippen molar-refractivity contribution in [1.29, 1.82) is 0 Å². The van der Waals surface area contributed by atoms with Crippen molar-refractivity contribution in [3.05, 3.63) is 21.9 Å². The number of nitrogens with one attached hydrogen (secondary N) is 1. The van der Waals surface area contributed by atoms with Gasteiger partial charge >= 0.3 is 0 Å². The van der Waals surface area contributed by atoms with Crippen LogP contribution in [0.5, 0.6) is 0 Å². The van der Waals surface area contributed by atoms with E-state index in [9.17, 15) is 0 Å². The third-order valence-electron chi connectivity index (χ3n) is 2.60. The molecule has 1 N–H and O–H groups in total. The lowest BCUT2D eigenvalue weighted by molar-refractivity contribution is 0.575. The summed E-state index contributed by atoms with van der Waals surface area (Å²) in [4.78, 5) is 1.45. The van der Waals surface area contributed by atoms with Crippen LogP contribution < -0.4 is 5.32 Å². The zero-order chi connectivity index (χ0) is 12.9. The fourth-order valence-electron chi connectivity index (χ4n) is 1.67. The number of thioether (sulfide) groups is 1. The second kappa shape index (κ2) is 6.81. The van der Waals surface area contributed by atoms with E-state index in [-0.39, 0.29) is 0 Å². The standard InChI is InChI=1S/C14H25NS2/c1-6-8-15-13(10-17-14(3,4)5)12-7-9-16-11(12)2/h7,9,13,15H,6,8,10H2,1-5H3. The van der Waals surface area contributed by atoms with Gasteiger partial charge in [0, 0.05) is 21.4 Å². The lowest BCUT2D eigenvalue weighted by Crippen LogP contribution is -2.26. The van der Waals surface area contributed by atoms with Crippen LogP contribution in [0.2, 0.25) is 0 Å². The van der Waals surface area contributed by atoms with Gasteiger partial charge in [-0.1, -0.05) is 27.7 Å². The van der Waals surface area contributed by atoms with Crippen LogP contribution in [0.3, 0.4) is 0 Å². The maximum absolute atomic E-state index is 3.67. The molecule has 0 aliphatic carbocycles. The predicted molar refractivity (Wildman–Crippen MR) is 82.3 cm³/mol. The molecule has 1 heterocycles. The number of aryl methyl sites for hydroxylation is 1. The number of hydrogen-bond donors (Lipinski definition) is 1. The average molecular weight is 271 g/mol. The monoisotopic (exact) mass is 271 g/mol. The van der Waals surface area contributed by atoms with Gasteiger partial charge in [0.1, 0.15) is 0 Å². The summed E-state index contributed by atoms with van der Waals surface area (Å²) < 4.78 is 0.343. The van der Waals surface area contributed by atoms with Crippen molar-refractivity contribution >= 4 is 23.1 Å². The Hall–Kier alpha value is 0.01000. The highest BCUT2D eigenvalue weighted by Crippen LogP contribution is 2.31. The summed E-state index contributed by atoms with van der Waals surface area (Å²) in [5.41, 5.74) is 1.49. The molecule has 0 fully saturated rings. The summed E-state index contributed by atoms with van der Waals surface area (Å²) in [6.45, 7) is 12.4. The van der Waals surface area contributed by atoms with Gasteiger partial charge in [0.25, 0.3) is 0 Å². The van der Waals surface area contributed by atoms with Crippen molar-refractivity contribution in [3.8, 4) is 0 Å². The molecule has 1 aromatic heterocycles. The van der Waals surface area contributed by atoms with Crippen molar-refractivity contribution < 1.29 is 0 Å². The Bertz CT molecular complexity index is 325. The van der Waals surface area contributed by atoms with E-state index in [4.69, 9.17) is 0 Å². The quantitative estimate of drug-likeness (QED) is 0.809. The van der Waals surface area contributed by atoms with Crippen molar-refractivity contribution in [2.24, 2.45) is 0 Å². The first-order valence-corrected chi connectivity index (χ1v) is 8.22. The van der Waals surface area contributed by atoms with Crippen molar-refractivity contribution in [1.82, 2.24) is 5.32 Å². The van der Waals surface area contributed by atoms with Gasteiger partial charge in [-0.25, -0.2) is 0 Å². The number of hydrogen-bond acceptors (Lipinski definition) is 3. The van der Waals surface area contributed by atoms with Crippen LogP contribution in [0, 0.1) is 6.92 Å². The predicted octanol–water partition coefficient (Wildman–Crippen LogP) is 4.63. The van der Waals surface area contributed by atoms with Crippen molar-refractivity contribution in [3.63, 3.8) is 0 Å². The van der Waals surface area contributed by atoms with Gasteiger partial charge in [0.2, 0.25) is 0 Å². The largest absolute Gasteiger partial charge is 0.309 e. The first kappa shape index (κ1) is 15.1. The first-order chi connectivity index (χ1) is 7.94. The van der Waals surface area contributed by atoms with Crippen LogP contribution in [0.15, 0.2) is 11.4 Å². The molecule has 0 aliphatic heterocycles. The molecular weight excluding hydrogens is 246 g/mol. The van der Waals surface area contributed by atoms with Gasteiger partial charge in [-0.05, 0) is 36.9 Å². The highest BCUT2D eigenvalue weighted by molar-refractivity contribution is 8.00. The molecule has 1 atom stereocenters. The zero-order valence-corrected chi connectivity index (χ0v) is 13.3. The van der Waals surface area contributed by atoms with Crippen molar-refractivity contribution in [2.75, 3.05) is 12.3 Å². The van der Waals surface area contributed by atoms with Gasteiger partial charge < -0.3 is 5.32 Å². The second-order valence-electron chi connectivity index (χ2n) is 5.36. The van der Waals surface area contributed by atoms with E-state index in [1.165, 1.54) is 16.9 Å². The van der Waals surface area contributed by atoms with E-state index >= 15 is 0 Å². The molecule has 98 valence electrons. The molecule has 0 amide bonds. The molecule has 0 aliphatic rings. The topological polar surface area (TPSA) is 12.0 Å². The third-order valence-corrected chi connectivity index (χ3v) is 4.83. The van der Waals surface area contributed by atoms with E-state index in [2.05, 4.69) is 51.4 Å². The summed E-state index contributed by atoms with van der Waals surface area (Å²) in [5.74, 6) is 1.15. The van der Waals surface area contributed by atoms with E-state index in [0.29, 0.717) is 10.8 Å². The van der Waals surface area contributed by atoms with Gasteiger partial charge in [0.15, 0.2) is 0 Å². The van der Waals surface area contributed by atoms with Crippen LogP contribution in [0.25, 0.3) is 0 Å². The molecule has 1 aromatic rings. The van der Waals surface area contributed by atoms with Gasteiger partial charge in [-0.3, -0.25) is 0 Å². The lowest BCUT2D eigenvalue weighted by Gasteiger charge is -2.24. The highest BCUT2D eigenvalue weighted by atomic mass is 32.2. The first-order valence-electron chi connectivity index (χ1n) is 6.35. The Balaban J connectivity index is 2.64. The van der Waals surface area contributed by atoms with Crippen LogP contribution in [-0.4, -0.2) is 17.0 Å². The molecule has 0 radical (unpaired) electrons. The highest BCUT2D eigenvalue weighted by Gasteiger charge is 2.18. The lowest BCUT2D eigenvalue weighted by atomic mass is 10.1. The number of thiophene rings is 1. The Labute approximate surface area is 114 Å². The SMILES string of the molecule is CCCNC(CSC(C)(C)C)c1ccsc1C. The Morgan fingerprint density at radius 1 is 1.41 bits per heavy atom. The number of rotatable bonds is 6. The Morgan fingerprint density at radius 2 is 2.12 bits per heavy atom. The van der Waals surface area contributed by atoms with Crippen molar-refractivity contribution in [2.45, 2.75) is 51.8 Å². The molecule has 1 rings (SSSR count). The summed E-state index contributed by atoms with van der Waals surface area (Å²) >= 11 is 3.89. The molecule has 17 heavy (non-hydrogen) atoms. The Morgan fingerprint density at radius 3 is 2.59 bits per heavy atom. The van der Waals surface area contributed by atoms with Gasteiger partial charge in [0.05, 0.1) is 0 Å². The minimum absolute atomic E-state index is 0.343. The maximum Gasteiger partial charge on any atom is 0.0423 e. The smallest absolute Gasteiger partial charge is 0.0423 e. The van der Waals surface area contributed by atoms with Gasteiger partial charge in [-0.2, -0.15) is 11.8 Å².